The second-order valence-corrected chi connectivity index (χ2v) is 6.45. The number of rotatable bonds is 3. The third-order valence-electron chi connectivity index (χ3n) is 3.28. The number of nitrogens with zero attached hydrogens (tertiary/aromatic N) is 1. The standard InChI is InChI=1S/C15H15NO3S/c17-20(18,14-9-5-2-6-10-14)16-11-12-19-15(16)13-7-3-1-4-8-13/h1-10,15H,11-12H2. The lowest BCUT2D eigenvalue weighted by atomic mass is 10.2. The maximum atomic E-state index is 12.7. The van der Waals surface area contributed by atoms with Crippen molar-refractivity contribution in [3.8, 4) is 0 Å². The lowest BCUT2D eigenvalue weighted by Crippen LogP contribution is -2.31. The van der Waals surface area contributed by atoms with E-state index in [1.54, 1.807) is 30.3 Å². The highest BCUT2D eigenvalue weighted by Crippen LogP contribution is 2.32. The normalized spacial score (nSPS) is 20.1. The van der Waals surface area contributed by atoms with Crippen molar-refractivity contribution < 1.29 is 13.2 Å². The van der Waals surface area contributed by atoms with Crippen LogP contribution in [0.1, 0.15) is 11.8 Å². The zero-order chi connectivity index (χ0) is 14.0. The summed E-state index contributed by atoms with van der Waals surface area (Å²) in [5.41, 5.74) is 0.851. The Morgan fingerprint density at radius 1 is 0.950 bits per heavy atom. The number of sulfonamides is 1. The van der Waals surface area contributed by atoms with E-state index in [0.29, 0.717) is 18.0 Å². The van der Waals surface area contributed by atoms with Crippen LogP contribution in [-0.4, -0.2) is 25.9 Å². The van der Waals surface area contributed by atoms with E-state index in [1.807, 2.05) is 30.3 Å². The summed E-state index contributed by atoms with van der Waals surface area (Å²) in [4.78, 5) is 0.298. The summed E-state index contributed by atoms with van der Waals surface area (Å²) in [6, 6.07) is 17.9. The minimum absolute atomic E-state index is 0.298. The first-order valence-corrected chi connectivity index (χ1v) is 7.87. The van der Waals surface area contributed by atoms with Crippen molar-refractivity contribution in [3.63, 3.8) is 0 Å². The van der Waals surface area contributed by atoms with Crippen molar-refractivity contribution in [2.24, 2.45) is 0 Å². The van der Waals surface area contributed by atoms with Crippen molar-refractivity contribution in [3.05, 3.63) is 66.2 Å². The van der Waals surface area contributed by atoms with Crippen molar-refractivity contribution in [2.75, 3.05) is 13.2 Å². The van der Waals surface area contributed by atoms with Gasteiger partial charge in [-0.3, -0.25) is 0 Å². The molecule has 1 saturated heterocycles. The van der Waals surface area contributed by atoms with E-state index in [1.165, 1.54) is 4.31 Å². The highest BCUT2D eigenvalue weighted by Gasteiger charge is 2.36. The monoisotopic (exact) mass is 289 g/mol. The Kier molecular flexibility index (Phi) is 3.56. The molecule has 5 heteroatoms. The average Bonchev–Trinajstić information content (AvgIpc) is 2.99. The molecule has 1 fully saturated rings. The summed E-state index contributed by atoms with van der Waals surface area (Å²) < 4.78 is 32.3. The number of hydrogen-bond donors (Lipinski definition) is 0. The van der Waals surface area contributed by atoms with Gasteiger partial charge in [-0.05, 0) is 17.7 Å². The van der Waals surface area contributed by atoms with Gasteiger partial charge in [0, 0.05) is 6.54 Å². The first-order valence-electron chi connectivity index (χ1n) is 6.43. The summed E-state index contributed by atoms with van der Waals surface area (Å²) in [7, 11) is -3.53. The molecule has 4 nitrogen and oxygen atoms in total. The number of benzene rings is 2. The Morgan fingerprint density at radius 2 is 1.55 bits per heavy atom. The molecule has 0 bridgehead atoms. The van der Waals surface area contributed by atoms with Crippen molar-refractivity contribution in [1.29, 1.82) is 0 Å². The molecule has 2 aromatic carbocycles. The molecule has 0 N–H and O–H groups in total. The minimum atomic E-state index is -3.53. The third-order valence-corrected chi connectivity index (χ3v) is 5.14. The van der Waals surface area contributed by atoms with Gasteiger partial charge in [0.25, 0.3) is 0 Å². The van der Waals surface area contributed by atoms with E-state index in [2.05, 4.69) is 0 Å². The van der Waals surface area contributed by atoms with E-state index in [4.69, 9.17) is 4.74 Å². The first-order chi connectivity index (χ1) is 9.69. The molecule has 20 heavy (non-hydrogen) atoms. The Bertz CT molecular complexity index is 671. The van der Waals surface area contributed by atoms with Crippen LogP contribution in [-0.2, 0) is 14.8 Å². The molecular weight excluding hydrogens is 274 g/mol. The van der Waals surface area contributed by atoms with E-state index in [-0.39, 0.29) is 0 Å². The Hall–Kier alpha value is -1.69. The van der Waals surface area contributed by atoms with Crippen molar-refractivity contribution in [2.45, 2.75) is 11.1 Å². The maximum absolute atomic E-state index is 12.7. The van der Waals surface area contributed by atoms with Crippen LogP contribution in [0.2, 0.25) is 0 Å². The summed E-state index contributed by atoms with van der Waals surface area (Å²) in [6.45, 7) is 0.780. The molecule has 1 aliphatic rings. The second kappa shape index (κ2) is 5.36. The lowest BCUT2D eigenvalue weighted by Gasteiger charge is -2.22. The molecule has 2 aromatic rings. The molecule has 0 aliphatic carbocycles. The summed E-state index contributed by atoms with van der Waals surface area (Å²) in [5, 5.41) is 0. The van der Waals surface area contributed by atoms with E-state index < -0.39 is 16.3 Å². The van der Waals surface area contributed by atoms with Crippen LogP contribution in [0, 0.1) is 0 Å². The van der Waals surface area contributed by atoms with Gasteiger partial charge in [-0.2, -0.15) is 4.31 Å². The number of ether oxygens (including phenoxy) is 1. The summed E-state index contributed by atoms with van der Waals surface area (Å²) >= 11 is 0. The maximum Gasteiger partial charge on any atom is 0.245 e. The molecule has 1 atom stereocenters. The quantitative estimate of drug-likeness (QED) is 0.871. The van der Waals surface area contributed by atoms with Crippen LogP contribution >= 0.6 is 0 Å². The largest absolute Gasteiger partial charge is 0.356 e. The minimum Gasteiger partial charge on any atom is -0.356 e. The molecule has 1 unspecified atom stereocenters. The molecule has 0 saturated carbocycles. The van der Waals surface area contributed by atoms with Gasteiger partial charge in [0.05, 0.1) is 11.5 Å². The fourth-order valence-electron chi connectivity index (χ4n) is 2.31. The van der Waals surface area contributed by atoms with Crippen LogP contribution in [0.15, 0.2) is 65.6 Å². The molecule has 0 spiro atoms. The van der Waals surface area contributed by atoms with Crippen molar-refractivity contribution >= 4 is 10.0 Å². The first kappa shape index (κ1) is 13.3. The van der Waals surface area contributed by atoms with Crippen LogP contribution in [0.3, 0.4) is 0 Å². The highest BCUT2D eigenvalue weighted by molar-refractivity contribution is 7.89. The smallest absolute Gasteiger partial charge is 0.245 e. The second-order valence-electron chi connectivity index (χ2n) is 4.56. The fourth-order valence-corrected chi connectivity index (χ4v) is 3.83. The van der Waals surface area contributed by atoms with E-state index >= 15 is 0 Å². The van der Waals surface area contributed by atoms with Gasteiger partial charge in [-0.15, -0.1) is 0 Å². The summed E-state index contributed by atoms with van der Waals surface area (Å²) in [6.07, 6.45) is -0.540. The molecule has 3 rings (SSSR count). The van der Waals surface area contributed by atoms with Gasteiger partial charge in [-0.25, -0.2) is 8.42 Å². The predicted molar refractivity (Wildman–Crippen MR) is 75.5 cm³/mol. The van der Waals surface area contributed by atoms with Gasteiger partial charge < -0.3 is 4.74 Å². The summed E-state index contributed by atoms with van der Waals surface area (Å²) in [5.74, 6) is 0. The van der Waals surface area contributed by atoms with Gasteiger partial charge in [-0.1, -0.05) is 48.5 Å². The van der Waals surface area contributed by atoms with Crippen LogP contribution in [0.4, 0.5) is 0 Å². The van der Waals surface area contributed by atoms with Crippen LogP contribution in [0.25, 0.3) is 0 Å². The topological polar surface area (TPSA) is 46.6 Å². The predicted octanol–water partition coefficient (Wildman–Crippen LogP) is 2.41. The van der Waals surface area contributed by atoms with Crippen molar-refractivity contribution in [1.82, 2.24) is 4.31 Å². The fraction of sp³-hybridized carbons (Fsp3) is 0.200. The van der Waals surface area contributed by atoms with Gasteiger partial charge >= 0.3 is 0 Å². The third kappa shape index (κ3) is 2.35. The zero-order valence-corrected chi connectivity index (χ0v) is 11.7. The van der Waals surface area contributed by atoms with Gasteiger partial charge in [0.2, 0.25) is 10.0 Å². The number of hydrogen-bond acceptors (Lipinski definition) is 3. The molecular formula is C15H15NO3S. The van der Waals surface area contributed by atoms with E-state index in [0.717, 1.165) is 5.56 Å². The Morgan fingerprint density at radius 3 is 2.20 bits per heavy atom. The average molecular weight is 289 g/mol. The Labute approximate surface area is 118 Å². The molecule has 1 heterocycles. The highest BCUT2D eigenvalue weighted by atomic mass is 32.2. The van der Waals surface area contributed by atoms with Crippen LogP contribution in [0.5, 0.6) is 0 Å². The van der Waals surface area contributed by atoms with E-state index in [9.17, 15) is 8.42 Å². The van der Waals surface area contributed by atoms with Gasteiger partial charge in [0.1, 0.15) is 6.23 Å². The molecule has 0 radical (unpaired) electrons. The Balaban J connectivity index is 1.97. The molecule has 0 amide bonds. The molecule has 0 aromatic heterocycles. The molecule has 104 valence electrons. The van der Waals surface area contributed by atoms with Crippen LogP contribution < -0.4 is 0 Å². The molecule has 1 aliphatic heterocycles. The lowest BCUT2D eigenvalue weighted by molar-refractivity contribution is 0.0683. The van der Waals surface area contributed by atoms with Gasteiger partial charge in [0.15, 0.2) is 0 Å². The SMILES string of the molecule is O=S(=O)(c1ccccc1)N1CCOC1c1ccccc1. The zero-order valence-electron chi connectivity index (χ0n) is 10.8.